The van der Waals surface area contributed by atoms with Gasteiger partial charge < -0.3 is 10.3 Å². The molecule has 0 fully saturated rings. The molecule has 20 heavy (non-hydrogen) atoms. The van der Waals surface area contributed by atoms with Gasteiger partial charge in [0, 0.05) is 24.3 Å². The number of nitrogens with two attached hydrogens (primary N) is 1. The number of aryl methyl sites for hydroxylation is 2. The van der Waals surface area contributed by atoms with Crippen molar-refractivity contribution in [3.8, 4) is 0 Å². The Morgan fingerprint density at radius 2 is 2.15 bits per heavy atom. The molecule has 1 heterocycles. The summed E-state index contributed by atoms with van der Waals surface area (Å²) in [5.41, 5.74) is 8.09. The van der Waals surface area contributed by atoms with Crippen molar-refractivity contribution in [3.63, 3.8) is 0 Å². The number of hydrogen-bond acceptors (Lipinski definition) is 2. The molecule has 0 aliphatic carbocycles. The topological polar surface area (TPSA) is 60.9 Å². The van der Waals surface area contributed by atoms with E-state index in [4.69, 9.17) is 17.3 Å². The number of fused-ring (bicyclic) bond motifs is 1. The number of halogens is 1. The second-order valence-electron chi connectivity index (χ2n) is 5.70. The predicted molar refractivity (Wildman–Crippen MR) is 82.0 cm³/mol. The lowest BCUT2D eigenvalue weighted by Gasteiger charge is -2.28. The zero-order chi connectivity index (χ0) is 14.9. The van der Waals surface area contributed by atoms with Crippen LogP contribution in [0.1, 0.15) is 31.7 Å². The largest absolute Gasteiger partial charge is 0.370 e. The molecule has 2 rings (SSSR count). The Hall–Kier alpha value is -1.55. The minimum Gasteiger partial charge on any atom is -0.370 e. The van der Waals surface area contributed by atoms with Gasteiger partial charge >= 0.3 is 0 Å². The second-order valence-corrected chi connectivity index (χ2v) is 6.08. The van der Waals surface area contributed by atoms with Gasteiger partial charge in [0.25, 0.3) is 0 Å². The lowest BCUT2D eigenvalue weighted by Crippen LogP contribution is -2.33. The lowest BCUT2D eigenvalue weighted by atomic mass is 9.98. The Bertz CT molecular complexity index is 646. The second kappa shape index (κ2) is 5.44. The van der Waals surface area contributed by atoms with Crippen molar-refractivity contribution in [2.75, 3.05) is 5.88 Å². The number of primary amides is 1. The fourth-order valence-corrected chi connectivity index (χ4v) is 2.92. The first kappa shape index (κ1) is 14.9. The van der Waals surface area contributed by atoms with Gasteiger partial charge in [0.1, 0.15) is 5.82 Å². The fraction of sp³-hybridized carbons (Fsp3) is 0.467. The molecule has 108 valence electrons. The molecule has 1 amide bonds. The number of carbonyl (C=O) groups excluding carboxylic acids is 1. The van der Waals surface area contributed by atoms with Crippen LogP contribution in [0.15, 0.2) is 18.2 Å². The fourth-order valence-electron chi connectivity index (χ4n) is 2.75. The number of carbonyl (C=O) groups is 1. The van der Waals surface area contributed by atoms with E-state index in [2.05, 4.69) is 9.55 Å². The molecule has 0 radical (unpaired) electrons. The zero-order valence-corrected chi connectivity index (χ0v) is 12.9. The van der Waals surface area contributed by atoms with Crippen LogP contribution >= 0.6 is 11.6 Å². The quantitative estimate of drug-likeness (QED) is 0.862. The van der Waals surface area contributed by atoms with E-state index in [-0.39, 0.29) is 12.3 Å². The van der Waals surface area contributed by atoms with Gasteiger partial charge in [-0.15, -0.1) is 11.6 Å². The maximum Gasteiger partial charge on any atom is 0.219 e. The molecule has 2 N–H and O–H groups in total. The monoisotopic (exact) mass is 293 g/mol. The molecule has 0 bridgehead atoms. The third-order valence-corrected chi connectivity index (χ3v) is 3.67. The normalized spacial score (nSPS) is 12.0. The Kier molecular flexibility index (Phi) is 4.04. The predicted octanol–water partition coefficient (Wildman–Crippen LogP) is 2.74. The first-order chi connectivity index (χ1) is 9.36. The number of aromatic nitrogens is 2. The van der Waals surface area contributed by atoms with Crippen molar-refractivity contribution in [2.45, 2.75) is 39.2 Å². The summed E-state index contributed by atoms with van der Waals surface area (Å²) in [7, 11) is 0. The number of rotatable bonds is 5. The molecular weight excluding hydrogens is 274 g/mol. The number of hydrogen-bond donors (Lipinski definition) is 1. The van der Waals surface area contributed by atoms with E-state index in [0.717, 1.165) is 22.4 Å². The summed E-state index contributed by atoms with van der Waals surface area (Å²) >= 11 is 5.89. The van der Waals surface area contributed by atoms with Crippen LogP contribution in [0.5, 0.6) is 0 Å². The van der Waals surface area contributed by atoms with Crippen molar-refractivity contribution in [1.82, 2.24) is 9.55 Å². The third-order valence-electron chi connectivity index (χ3n) is 3.48. The van der Waals surface area contributed by atoms with E-state index in [1.165, 1.54) is 0 Å². The molecule has 2 aromatic rings. The number of alkyl halides is 1. The highest BCUT2D eigenvalue weighted by molar-refractivity contribution is 6.17. The third kappa shape index (κ3) is 2.66. The summed E-state index contributed by atoms with van der Waals surface area (Å²) in [5, 5.41) is 0. The van der Waals surface area contributed by atoms with Crippen molar-refractivity contribution in [3.05, 3.63) is 29.6 Å². The van der Waals surface area contributed by atoms with Crippen molar-refractivity contribution in [1.29, 1.82) is 0 Å². The molecule has 0 spiro atoms. The molecule has 5 heteroatoms. The molecule has 0 aliphatic rings. The highest BCUT2D eigenvalue weighted by Gasteiger charge is 2.28. The zero-order valence-electron chi connectivity index (χ0n) is 12.1. The van der Waals surface area contributed by atoms with Crippen LogP contribution in [-0.4, -0.2) is 21.3 Å². The molecule has 0 saturated carbocycles. The van der Waals surface area contributed by atoms with Crippen LogP contribution in [0.3, 0.4) is 0 Å². The maximum absolute atomic E-state index is 11.4. The summed E-state index contributed by atoms with van der Waals surface area (Å²) in [6.07, 6.45) is 0.931. The molecule has 0 aliphatic heterocycles. The van der Waals surface area contributed by atoms with Crippen LogP contribution in [0.2, 0.25) is 0 Å². The SMILES string of the molecule is Cc1cccc2nc(CCCl)n(C(C)(C)CC(N)=O)c12. The Balaban J connectivity index is 2.70. The summed E-state index contributed by atoms with van der Waals surface area (Å²) in [5.74, 6) is 1.08. The minimum atomic E-state index is -0.423. The molecule has 1 aromatic heterocycles. The van der Waals surface area contributed by atoms with Gasteiger partial charge in [-0.3, -0.25) is 4.79 Å². The van der Waals surface area contributed by atoms with Crippen LogP contribution in [0.4, 0.5) is 0 Å². The van der Waals surface area contributed by atoms with Gasteiger partial charge in [0.15, 0.2) is 0 Å². The van der Waals surface area contributed by atoms with E-state index in [0.29, 0.717) is 12.3 Å². The first-order valence-corrected chi connectivity index (χ1v) is 7.22. The van der Waals surface area contributed by atoms with E-state index in [1.807, 2.05) is 39.0 Å². The minimum absolute atomic E-state index is 0.266. The number of para-hydroxylation sites is 1. The van der Waals surface area contributed by atoms with Crippen molar-refractivity contribution >= 4 is 28.5 Å². The molecule has 0 unspecified atom stereocenters. The summed E-state index contributed by atoms with van der Waals surface area (Å²) in [4.78, 5) is 16.0. The average molecular weight is 294 g/mol. The highest BCUT2D eigenvalue weighted by Crippen LogP contribution is 2.30. The van der Waals surface area contributed by atoms with Crippen molar-refractivity contribution < 1.29 is 4.79 Å². The summed E-state index contributed by atoms with van der Waals surface area (Å²) in [6.45, 7) is 6.05. The van der Waals surface area contributed by atoms with Gasteiger partial charge in [-0.05, 0) is 32.4 Å². The number of amides is 1. The lowest BCUT2D eigenvalue weighted by molar-refractivity contribution is -0.119. The molecule has 4 nitrogen and oxygen atoms in total. The number of benzene rings is 1. The smallest absolute Gasteiger partial charge is 0.219 e. The van der Waals surface area contributed by atoms with E-state index in [9.17, 15) is 4.79 Å². The Morgan fingerprint density at radius 3 is 2.75 bits per heavy atom. The van der Waals surface area contributed by atoms with Gasteiger partial charge in [0.05, 0.1) is 11.0 Å². The van der Waals surface area contributed by atoms with Gasteiger partial charge in [-0.25, -0.2) is 4.98 Å². The van der Waals surface area contributed by atoms with Gasteiger partial charge in [-0.1, -0.05) is 12.1 Å². The van der Waals surface area contributed by atoms with Crippen LogP contribution in [-0.2, 0) is 16.8 Å². The van der Waals surface area contributed by atoms with Gasteiger partial charge in [-0.2, -0.15) is 0 Å². The molecule has 0 saturated heterocycles. The Morgan fingerprint density at radius 1 is 1.45 bits per heavy atom. The van der Waals surface area contributed by atoms with Crippen LogP contribution in [0, 0.1) is 6.92 Å². The first-order valence-electron chi connectivity index (χ1n) is 6.68. The maximum atomic E-state index is 11.4. The van der Waals surface area contributed by atoms with Crippen LogP contribution in [0.25, 0.3) is 11.0 Å². The molecule has 1 aromatic carbocycles. The number of imidazole rings is 1. The summed E-state index contributed by atoms with van der Waals surface area (Å²) < 4.78 is 2.12. The van der Waals surface area contributed by atoms with E-state index in [1.54, 1.807) is 0 Å². The van der Waals surface area contributed by atoms with E-state index >= 15 is 0 Å². The van der Waals surface area contributed by atoms with Crippen molar-refractivity contribution in [2.24, 2.45) is 5.73 Å². The van der Waals surface area contributed by atoms with Crippen LogP contribution < -0.4 is 5.73 Å². The number of nitrogens with zero attached hydrogens (tertiary/aromatic N) is 2. The Labute approximate surface area is 123 Å². The average Bonchev–Trinajstić information content (AvgIpc) is 2.68. The molecule has 0 atom stereocenters. The summed E-state index contributed by atoms with van der Waals surface area (Å²) in [6, 6.07) is 6.02. The highest BCUT2D eigenvalue weighted by atomic mass is 35.5. The van der Waals surface area contributed by atoms with Gasteiger partial charge in [0.2, 0.25) is 5.91 Å². The standard InChI is InChI=1S/C15H20ClN3O/c1-10-5-4-6-11-14(10)19(13(18-11)7-8-16)15(2,3)9-12(17)20/h4-6H,7-9H2,1-3H3,(H2,17,20). The molecular formula is C15H20ClN3O. The van der Waals surface area contributed by atoms with E-state index < -0.39 is 5.54 Å².